The summed E-state index contributed by atoms with van der Waals surface area (Å²) in [5.74, 6) is 0.0186. The summed E-state index contributed by atoms with van der Waals surface area (Å²) in [6, 6.07) is 0. The lowest BCUT2D eigenvalue weighted by atomic mass is 10.0. The van der Waals surface area contributed by atoms with Crippen LogP contribution in [-0.2, 0) is 19.0 Å². The molecule has 4 heteroatoms. The predicted molar refractivity (Wildman–Crippen MR) is 39.4 cm³/mol. The molecule has 1 unspecified atom stereocenters. The molecule has 0 radical (unpaired) electrons. The SMILES string of the molecule is CC(=O)O[C@@H]1CO[C@@H]2OCCC21. The summed E-state index contributed by atoms with van der Waals surface area (Å²) in [6.07, 6.45) is 0.715. The molecule has 2 rings (SSSR count). The van der Waals surface area contributed by atoms with Crippen LogP contribution in [0.3, 0.4) is 0 Å². The zero-order valence-electron chi connectivity index (χ0n) is 6.99. The Hall–Kier alpha value is -0.610. The number of carbonyl (C=O) groups is 1. The monoisotopic (exact) mass is 172 g/mol. The summed E-state index contributed by atoms with van der Waals surface area (Å²) >= 11 is 0. The molecular formula is C8H12O4. The molecule has 3 atom stereocenters. The second-order valence-corrected chi connectivity index (χ2v) is 3.17. The standard InChI is InChI=1S/C8H12O4/c1-5(9)12-7-4-11-8-6(7)2-3-10-8/h6-8H,2-4H2,1H3/t6?,7-,8+/m1/s1. The van der Waals surface area contributed by atoms with Crippen LogP contribution in [-0.4, -0.2) is 31.6 Å². The van der Waals surface area contributed by atoms with Crippen molar-refractivity contribution >= 4 is 5.97 Å². The Bertz CT molecular complexity index is 191. The summed E-state index contributed by atoms with van der Waals surface area (Å²) < 4.78 is 15.6. The minimum Gasteiger partial charge on any atom is -0.460 e. The first-order valence-electron chi connectivity index (χ1n) is 4.18. The molecule has 2 aliphatic rings. The van der Waals surface area contributed by atoms with Crippen LogP contribution in [0.15, 0.2) is 0 Å². The fourth-order valence-electron chi connectivity index (χ4n) is 1.76. The van der Waals surface area contributed by atoms with Crippen LogP contribution in [0.5, 0.6) is 0 Å². The van der Waals surface area contributed by atoms with Gasteiger partial charge in [0.2, 0.25) is 0 Å². The number of esters is 1. The van der Waals surface area contributed by atoms with E-state index in [1.54, 1.807) is 0 Å². The van der Waals surface area contributed by atoms with Crippen molar-refractivity contribution in [1.82, 2.24) is 0 Å². The first-order valence-corrected chi connectivity index (χ1v) is 4.18. The average molecular weight is 172 g/mol. The van der Waals surface area contributed by atoms with Gasteiger partial charge in [-0.3, -0.25) is 4.79 Å². The largest absolute Gasteiger partial charge is 0.460 e. The smallest absolute Gasteiger partial charge is 0.302 e. The summed E-state index contributed by atoms with van der Waals surface area (Å²) in [6.45, 7) is 2.62. The Balaban J connectivity index is 1.95. The fourth-order valence-corrected chi connectivity index (χ4v) is 1.76. The first-order chi connectivity index (χ1) is 5.77. The number of carbonyl (C=O) groups excluding carboxylic acids is 1. The maximum Gasteiger partial charge on any atom is 0.302 e. The zero-order chi connectivity index (χ0) is 8.55. The number of fused-ring (bicyclic) bond motifs is 1. The Kier molecular flexibility index (Phi) is 2.02. The topological polar surface area (TPSA) is 44.8 Å². The molecule has 4 nitrogen and oxygen atoms in total. The van der Waals surface area contributed by atoms with Gasteiger partial charge in [-0.2, -0.15) is 0 Å². The second kappa shape index (κ2) is 3.03. The lowest BCUT2D eigenvalue weighted by Crippen LogP contribution is -2.25. The number of ether oxygens (including phenoxy) is 3. The lowest BCUT2D eigenvalue weighted by Gasteiger charge is -2.13. The predicted octanol–water partition coefficient (Wildman–Crippen LogP) is 0.311. The van der Waals surface area contributed by atoms with E-state index >= 15 is 0 Å². The molecule has 2 fully saturated rings. The van der Waals surface area contributed by atoms with Crippen LogP contribution in [0.25, 0.3) is 0 Å². The van der Waals surface area contributed by atoms with Crippen molar-refractivity contribution in [3.8, 4) is 0 Å². The van der Waals surface area contributed by atoms with Gasteiger partial charge in [-0.1, -0.05) is 0 Å². The van der Waals surface area contributed by atoms with E-state index in [0.717, 1.165) is 6.42 Å². The third-order valence-electron chi connectivity index (χ3n) is 2.30. The molecule has 0 aliphatic carbocycles. The van der Waals surface area contributed by atoms with Gasteiger partial charge in [0.15, 0.2) is 6.29 Å². The van der Waals surface area contributed by atoms with E-state index < -0.39 is 0 Å². The van der Waals surface area contributed by atoms with Crippen LogP contribution in [0.2, 0.25) is 0 Å². The molecule has 12 heavy (non-hydrogen) atoms. The van der Waals surface area contributed by atoms with Gasteiger partial charge >= 0.3 is 5.97 Å². The Labute approximate surface area is 70.8 Å². The van der Waals surface area contributed by atoms with Crippen molar-refractivity contribution in [3.63, 3.8) is 0 Å². The molecule has 2 heterocycles. The normalized spacial score (nSPS) is 39.6. The van der Waals surface area contributed by atoms with E-state index in [-0.39, 0.29) is 24.3 Å². The third kappa shape index (κ3) is 1.32. The van der Waals surface area contributed by atoms with Gasteiger partial charge in [0.1, 0.15) is 6.10 Å². The van der Waals surface area contributed by atoms with E-state index in [4.69, 9.17) is 14.2 Å². The fraction of sp³-hybridized carbons (Fsp3) is 0.875. The van der Waals surface area contributed by atoms with Crippen LogP contribution < -0.4 is 0 Å². The van der Waals surface area contributed by atoms with Gasteiger partial charge in [-0.25, -0.2) is 0 Å². The molecule has 0 spiro atoms. The van der Waals surface area contributed by atoms with Crippen molar-refractivity contribution in [1.29, 1.82) is 0 Å². The zero-order valence-corrected chi connectivity index (χ0v) is 6.99. The van der Waals surface area contributed by atoms with Crippen LogP contribution >= 0.6 is 0 Å². The highest BCUT2D eigenvalue weighted by Gasteiger charge is 2.43. The van der Waals surface area contributed by atoms with Crippen LogP contribution in [0, 0.1) is 5.92 Å². The maximum absolute atomic E-state index is 10.7. The quantitative estimate of drug-likeness (QED) is 0.534. The highest BCUT2D eigenvalue weighted by molar-refractivity contribution is 5.66. The molecule has 68 valence electrons. The number of rotatable bonds is 1. The molecule has 0 N–H and O–H groups in total. The molecule has 0 aromatic rings. The molecule has 2 saturated heterocycles. The number of hydrogen-bond donors (Lipinski definition) is 0. The van der Waals surface area contributed by atoms with Crippen molar-refractivity contribution in [2.45, 2.75) is 25.7 Å². The molecular weight excluding hydrogens is 160 g/mol. The van der Waals surface area contributed by atoms with Crippen molar-refractivity contribution in [2.24, 2.45) is 5.92 Å². The van der Waals surface area contributed by atoms with Crippen molar-refractivity contribution < 1.29 is 19.0 Å². The third-order valence-corrected chi connectivity index (χ3v) is 2.30. The summed E-state index contributed by atoms with van der Waals surface area (Å²) in [5, 5.41) is 0. The Morgan fingerprint density at radius 1 is 1.50 bits per heavy atom. The molecule has 0 aromatic heterocycles. The van der Waals surface area contributed by atoms with E-state index in [1.165, 1.54) is 6.92 Å². The van der Waals surface area contributed by atoms with Gasteiger partial charge in [0, 0.05) is 6.92 Å². The van der Waals surface area contributed by atoms with Crippen molar-refractivity contribution in [3.05, 3.63) is 0 Å². The van der Waals surface area contributed by atoms with Crippen molar-refractivity contribution in [2.75, 3.05) is 13.2 Å². The maximum atomic E-state index is 10.7. The molecule has 2 aliphatic heterocycles. The second-order valence-electron chi connectivity index (χ2n) is 3.17. The summed E-state index contributed by atoms with van der Waals surface area (Å²) in [5.41, 5.74) is 0. The molecule has 0 saturated carbocycles. The molecule has 0 bridgehead atoms. The Morgan fingerprint density at radius 3 is 3.08 bits per heavy atom. The van der Waals surface area contributed by atoms with E-state index in [9.17, 15) is 4.79 Å². The van der Waals surface area contributed by atoms with Gasteiger partial charge < -0.3 is 14.2 Å². The highest BCUT2D eigenvalue weighted by atomic mass is 16.7. The van der Waals surface area contributed by atoms with Gasteiger partial charge in [-0.15, -0.1) is 0 Å². The Morgan fingerprint density at radius 2 is 2.33 bits per heavy atom. The lowest BCUT2D eigenvalue weighted by molar-refractivity contribution is -0.147. The average Bonchev–Trinajstić information content (AvgIpc) is 2.52. The number of hydrogen-bond acceptors (Lipinski definition) is 4. The molecule has 0 amide bonds. The van der Waals surface area contributed by atoms with Gasteiger partial charge in [0.25, 0.3) is 0 Å². The van der Waals surface area contributed by atoms with Gasteiger partial charge in [0.05, 0.1) is 19.1 Å². The van der Waals surface area contributed by atoms with E-state index in [2.05, 4.69) is 0 Å². The van der Waals surface area contributed by atoms with E-state index in [1.807, 2.05) is 0 Å². The van der Waals surface area contributed by atoms with Gasteiger partial charge in [-0.05, 0) is 6.42 Å². The first kappa shape index (κ1) is 8.01. The highest BCUT2D eigenvalue weighted by Crippen LogP contribution is 2.32. The van der Waals surface area contributed by atoms with Crippen LogP contribution in [0.4, 0.5) is 0 Å². The molecule has 0 aromatic carbocycles. The van der Waals surface area contributed by atoms with E-state index in [0.29, 0.717) is 13.2 Å². The minimum atomic E-state index is -0.240. The summed E-state index contributed by atoms with van der Waals surface area (Å²) in [7, 11) is 0. The van der Waals surface area contributed by atoms with Crippen LogP contribution in [0.1, 0.15) is 13.3 Å². The minimum absolute atomic E-state index is 0.0880. The summed E-state index contributed by atoms with van der Waals surface area (Å²) in [4.78, 5) is 10.7.